The van der Waals surface area contributed by atoms with Gasteiger partial charge in [0.2, 0.25) is 0 Å². The molecule has 1 aromatic carbocycles. The van der Waals surface area contributed by atoms with Crippen molar-refractivity contribution in [2.45, 2.75) is 139 Å². The van der Waals surface area contributed by atoms with E-state index in [1.807, 2.05) is 0 Å². The number of fused-ring (bicyclic) bond motifs is 5. The Morgan fingerprint density at radius 1 is 0.554 bits per heavy atom. The van der Waals surface area contributed by atoms with Gasteiger partial charge in [0, 0.05) is 35.3 Å². The molecule has 2 nitrogen and oxygen atoms in total. The van der Waals surface area contributed by atoms with Gasteiger partial charge in [0.1, 0.15) is 0 Å². The Kier molecular flexibility index (Phi) is 9.60. The van der Waals surface area contributed by atoms with Crippen LogP contribution in [0.3, 0.4) is 0 Å². The first kappa shape index (κ1) is 35.4. The second-order valence-corrected chi connectivity index (χ2v) is 19.3. The van der Waals surface area contributed by atoms with Crippen molar-refractivity contribution in [3.63, 3.8) is 0 Å². The van der Waals surface area contributed by atoms with E-state index < -0.39 is 0 Å². The molecule has 1 aromatic rings. The van der Waals surface area contributed by atoms with Crippen molar-refractivity contribution in [1.82, 2.24) is 4.90 Å². The molecule has 1 saturated heterocycles. The number of allylic oxidation sites excluding steroid dienone is 15. The number of benzene rings is 1. The summed E-state index contributed by atoms with van der Waals surface area (Å²) in [5.74, 6) is 5.17. The minimum atomic E-state index is 0.515. The molecular formula is C54H64N2. The lowest BCUT2D eigenvalue weighted by atomic mass is 9.65. The fourth-order valence-corrected chi connectivity index (χ4v) is 13.8. The van der Waals surface area contributed by atoms with E-state index in [9.17, 15) is 0 Å². The lowest BCUT2D eigenvalue weighted by Crippen LogP contribution is -2.42. The Morgan fingerprint density at radius 3 is 2.30 bits per heavy atom. The third kappa shape index (κ3) is 6.37. The Bertz CT molecular complexity index is 1970. The molecule has 0 spiro atoms. The number of hydrogen-bond acceptors (Lipinski definition) is 2. The van der Waals surface area contributed by atoms with Gasteiger partial charge >= 0.3 is 0 Å². The molecule has 2 fully saturated rings. The van der Waals surface area contributed by atoms with Crippen LogP contribution < -0.4 is 4.90 Å². The molecule has 0 bridgehead atoms. The summed E-state index contributed by atoms with van der Waals surface area (Å²) in [7, 11) is 0. The lowest BCUT2D eigenvalue weighted by Gasteiger charge is -2.42. The molecule has 0 aromatic heterocycles. The van der Waals surface area contributed by atoms with Crippen molar-refractivity contribution in [3.8, 4) is 0 Å². The van der Waals surface area contributed by atoms with Gasteiger partial charge < -0.3 is 9.80 Å². The van der Waals surface area contributed by atoms with Gasteiger partial charge in [0.05, 0.1) is 12.1 Å². The fraction of sp³-hybridized carbons (Fsp3) is 0.519. The van der Waals surface area contributed by atoms with Crippen LogP contribution in [-0.2, 0) is 0 Å². The minimum absolute atomic E-state index is 0.515. The summed E-state index contributed by atoms with van der Waals surface area (Å²) in [6.45, 7) is 0. The van der Waals surface area contributed by atoms with E-state index in [0.717, 1.165) is 23.7 Å². The van der Waals surface area contributed by atoms with Crippen molar-refractivity contribution in [1.29, 1.82) is 0 Å². The molecule has 1 saturated carbocycles. The maximum Gasteiger partial charge on any atom is 0.0584 e. The van der Waals surface area contributed by atoms with E-state index in [0.29, 0.717) is 41.9 Å². The maximum absolute atomic E-state index is 2.93. The Balaban J connectivity index is 0.786. The van der Waals surface area contributed by atoms with Crippen LogP contribution in [0.1, 0.15) is 121 Å². The molecule has 11 atom stereocenters. The molecule has 0 amide bonds. The van der Waals surface area contributed by atoms with Crippen LogP contribution in [0.2, 0.25) is 0 Å². The van der Waals surface area contributed by atoms with Gasteiger partial charge in [-0.3, -0.25) is 0 Å². The van der Waals surface area contributed by atoms with Crippen molar-refractivity contribution < 1.29 is 0 Å². The van der Waals surface area contributed by atoms with Crippen molar-refractivity contribution in [2.24, 2.45) is 35.5 Å². The van der Waals surface area contributed by atoms with E-state index in [4.69, 9.17) is 0 Å². The van der Waals surface area contributed by atoms with Gasteiger partial charge in [-0.15, -0.1) is 0 Å². The van der Waals surface area contributed by atoms with Crippen LogP contribution >= 0.6 is 0 Å². The summed E-state index contributed by atoms with van der Waals surface area (Å²) in [6.07, 6.45) is 59.4. The van der Waals surface area contributed by atoms with E-state index in [-0.39, 0.29) is 0 Å². The van der Waals surface area contributed by atoms with Gasteiger partial charge in [-0.2, -0.15) is 0 Å². The van der Waals surface area contributed by atoms with Crippen LogP contribution in [0.25, 0.3) is 0 Å². The van der Waals surface area contributed by atoms with E-state index >= 15 is 0 Å². The van der Waals surface area contributed by atoms with Gasteiger partial charge in [-0.1, -0.05) is 103 Å². The molecule has 290 valence electrons. The molecule has 2 aliphatic heterocycles. The molecule has 0 radical (unpaired) electrons. The van der Waals surface area contributed by atoms with Crippen LogP contribution in [0, 0.1) is 35.5 Å². The predicted octanol–water partition coefficient (Wildman–Crippen LogP) is 13.2. The van der Waals surface area contributed by atoms with E-state index in [2.05, 4.69) is 125 Å². The van der Waals surface area contributed by atoms with Crippen LogP contribution in [0.4, 0.5) is 5.69 Å². The van der Waals surface area contributed by atoms with Crippen LogP contribution in [-0.4, -0.2) is 29.1 Å². The highest BCUT2D eigenvalue weighted by atomic mass is 15.2. The maximum atomic E-state index is 2.93. The van der Waals surface area contributed by atoms with E-state index in [1.165, 1.54) is 115 Å². The van der Waals surface area contributed by atoms with Gasteiger partial charge in [0.15, 0.2) is 0 Å². The van der Waals surface area contributed by atoms with Crippen molar-refractivity contribution in [2.75, 3.05) is 4.90 Å². The van der Waals surface area contributed by atoms with Crippen molar-refractivity contribution in [3.05, 3.63) is 149 Å². The number of hydrogen-bond donors (Lipinski definition) is 0. The molecule has 2 heterocycles. The monoisotopic (exact) mass is 741 g/mol. The first-order valence-corrected chi connectivity index (χ1v) is 23.3. The average Bonchev–Trinajstić information content (AvgIpc) is 3.79. The summed E-state index contributed by atoms with van der Waals surface area (Å²) in [6, 6.07) is 12.4. The second kappa shape index (κ2) is 15.2. The molecule has 56 heavy (non-hydrogen) atoms. The molecule has 0 N–H and O–H groups in total. The summed E-state index contributed by atoms with van der Waals surface area (Å²) in [4.78, 5) is 5.84. The zero-order chi connectivity index (χ0) is 37.0. The topological polar surface area (TPSA) is 6.48 Å². The molecular weight excluding hydrogens is 677 g/mol. The Hall–Kier alpha value is -3.78. The van der Waals surface area contributed by atoms with E-state index in [1.54, 1.807) is 33.6 Å². The highest BCUT2D eigenvalue weighted by Crippen LogP contribution is 2.54. The van der Waals surface area contributed by atoms with Crippen LogP contribution in [0.5, 0.6) is 0 Å². The van der Waals surface area contributed by atoms with Gasteiger partial charge in [-0.25, -0.2) is 0 Å². The second-order valence-electron chi connectivity index (χ2n) is 19.3. The fourth-order valence-electron chi connectivity index (χ4n) is 13.8. The normalized spacial score (nSPS) is 38.5. The standard InChI is InChI=1S/C54H64N2/c1-3-13-37(14-4-1)39-25-29-45(30-26-39)55-51-23-9-7-21-47(51)49-35-43(27-31-53(49)55)40-17-11-18-41(33-40)44-28-32-54-50(36-44)48-22-8-10-24-52(48)56(54)46-20-12-19-42(34-46)38-15-5-2-6-16-38/h1,3,5,8-9,11-12,15-16,18-19,22-23,25-26,28-30,36-37,40-43,46-47,49,51,53-54H,2,4,6-7,10,13-14,17,20-21,24,27,31-35H2. The summed E-state index contributed by atoms with van der Waals surface area (Å²) in [5, 5.41) is 0. The summed E-state index contributed by atoms with van der Waals surface area (Å²) < 4.78 is 0. The van der Waals surface area contributed by atoms with Gasteiger partial charge in [0.25, 0.3) is 0 Å². The average molecular weight is 741 g/mol. The third-order valence-electron chi connectivity index (χ3n) is 16.5. The first-order valence-electron chi connectivity index (χ1n) is 23.3. The van der Waals surface area contributed by atoms with Gasteiger partial charge in [-0.05, 0) is 179 Å². The molecule has 2 heteroatoms. The minimum Gasteiger partial charge on any atom is -0.364 e. The summed E-state index contributed by atoms with van der Waals surface area (Å²) in [5.41, 5.74) is 11.1. The molecule has 10 aliphatic rings. The molecule has 11 unspecified atom stereocenters. The number of rotatable bonds is 6. The largest absolute Gasteiger partial charge is 0.364 e. The first-order chi connectivity index (χ1) is 27.8. The van der Waals surface area contributed by atoms with Crippen LogP contribution in [0.15, 0.2) is 143 Å². The summed E-state index contributed by atoms with van der Waals surface area (Å²) >= 11 is 0. The molecule has 11 rings (SSSR count). The Labute approximate surface area is 338 Å². The highest BCUT2D eigenvalue weighted by Gasteiger charge is 2.51. The highest BCUT2D eigenvalue weighted by molar-refractivity contribution is 5.58. The molecule has 8 aliphatic carbocycles. The zero-order valence-corrected chi connectivity index (χ0v) is 33.7. The number of anilines is 1. The smallest absolute Gasteiger partial charge is 0.0584 e. The quantitative estimate of drug-likeness (QED) is 0.268. The zero-order valence-electron chi connectivity index (χ0n) is 33.7. The lowest BCUT2D eigenvalue weighted by molar-refractivity contribution is 0.145. The number of nitrogens with zero attached hydrogens (tertiary/aromatic N) is 2. The predicted molar refractivity (Wildman–Crippen MR) is 234 cm³/mol. The third-order valence-corrected chi connectivity index (χ3v) is 16.5. The SMILES string of the molecule is C1=CC(C2C=CCC(N3C4=C(C=CCC4)C4=CC(C5C=CCC(C6CCC7C(C6)C6CCC=CC6N7c6ccc(C7CC=CCC7)cc6)C5)=CCC43)C2)=CCC1. The van der Waals surface area contributed by atoms with Crippen molar-refractivity contribution >= 4 is 5.69 Å². The Morgan fingerprint density at radius 2 is 1.43 bits per heavy atom.